The molecule has 0 saturated heterocycles. The first-order chi connectivity index (χ1) is 7.65. The number of hydrogen-bond donors (Lipinski definition) is 2. The lowest BCUT2D eigenvalue weighted by molar-refractivity contribution is -0.143. The van der Waals surface area contributed by atoms with Gasteiger partial charge in [0.25, 0.3) is 0 Å². The fourth-order valence-electron chi connectivity index (χ4n) is 1.02. The smallest absolute Gasteiger partial charge is 0.407 e. The Hall–Kier alpha value is -1.30. The number of aliphatic hydroxyl groups excluding tert-OH is 1. The summed E-state index contributed by atoms with van der Waals surface area (Å²) in [6.07, 6.45) is -1.81. The van der Waals surface area contributed by atoms with E-state index in [-0.39, 0.29) is 6.42 Å². The second-order valence-corrected chi connectivity index (χ2v) is 4.78. The molecule has 0 aliphatic heterocycles. The Balaban J connectivity index is 4.12. The second kappa shape index (κ2) is 6.44. The molecule has 2 unspecified atom stereocenters. The molecule has 0 fully saturated rings. The van der Waals surface area contributed by atoms with Gasteiger partial charge in [-0.3, -0.25) is 4.79 Å². The minimum Gasteiger partial charge on any atom is -0.469 e. The van der Waals surface area contributed by atoms with Gasteiger partial charge in [-0.05, 0) is 27.7 Å². The maximum Gasteiger partial charge on any atom is 0.407 e. The third kappa shape index (κ3) is 7.57. The van der Waals surface area contributed by atoms with Crippen molar-refractivity contribution in [2.24, 2.45) is 0 Å². The van der Waals surface area contributed by atoms with Gasteiger partial charge in [-0.15, -0.1) is 0 Å². The van der Waals surface area contributed by atoms with Crippen molar-refractivity contribution in [3.8, 4) is 0 Å². The van der Waals surface area contributed by atoms with E-state index in [9.17, 15) is 14.7 Å². The van der Waals surface area contributed by atoms with Crippen molar-refractivity contribution >= 4 is 12.1 Å². The standard InChI is InChI=1S/C11H21NO5/c1-7(8(13)6-9(14)16-5)12-10(15)17-11(2,3)4/h7-8,13H,6H2,1-5H3,(H,12,15). The summed E-state index contributed by atoms with van der Waals surface area (Å²) in [7, 11) is 1.24. The highest BCUT2D eigenvalue weighted by Crippen LogP contribution is 2.08. The molecule has 0 aromatic rings. The highest BCUT2D eigenvalue weighted by Gasteiger charge is 2.23. The number of carbonyl (C=O) groups is 2. The zero-order valence-electron chi connectivity index (χ0n) is 10.9. The molecule has 0 radical (unpaired) electrons. The summed E-state index contributed by atoms with van der Waals surface area (Å²) in [5.74, 6) is -0.532. The van der Waals surface area contributed by atoms with Gasteiger partial charge in [0.05, 0.1) is 25.7 Å². The van der Waals surface area contributed by atoms with E-state index in [0.29, 0.717) is 0 Å². The molecule has 0 rings (SSSR count). The number of methoxy groups -OCH3 is 1. The number of rotatable bonds is 4. The van der Waals surface area contributed by atoms with Crippen LogP contribution in [0, 0.1) is 0 Å². The average Bonchev–Trinajstić information content (AvgIpc) is 2.14. The van der Waals surface area contributed by atoms with Gasteiger partial charge >= 0.3 is 12.1 Å². The first-order valence-electron chi connectivity index (χ1n) is 5.40. The second-order valence-electron chi connectivity index (χ2n) is 4.78. The Kier molecular flexibility index (Phi) is 5.95. The third-order valence-corrected chi connectivity index (χ3v) is 1.93. The lowest BCUT2D eigenvalue weighted by atomic mass is 10.1. The summed E-state index contributed by atoms with van der Waals surface area (Å²) >= 11 is 0. The van der Waals surface area contributed by atoms with Crippen molar-refractivity contribution in [2.45, 2.75) is 51.9 Å². The van der Waals surface area contributed by atoms with Crippen molar-refractivity contribution in [1.82, 2.24) is 5.32 Å². The summed E-state index contributed by atoms with van der Waals surface area (Å²) in [4.78, 5) is 22.3. The maximum absolute atomic E-state index is 11.4. The van der Waals surface area contributed by atoms with E-state index in [2.05, 4.69) is 10.1 Å². The monoisotopic (exact) mass is 247 g/mol. The molecular formula is C11H21NO5. The van der Waals surface area contributed by atoms with E-state index in [0.717, 1.165) is 0 Å². The molecule has 0 aliphatic rings. The molecule has 0 saturated carbocycles. The molecule has 0 bridgehead atoms. The Morgan fingerprint density at radius 1 is 1.35 bits per heavy atom. The maximum atomic E-state index is 11.4. The molecule has 0 aliphatic carbocycles. The fraction of sp³-hybridized carbons (Fsp3) is 0.818. The number of aliphatic hydroxyl groups is 1. The molecule has 0 heterocycles. The minimum absolute atomic E-state index is 0.173. The van der Waals surface area contributed by atoms with E-state index < -0.39 is 29.8 Å². The Labute approximate surface area is 101 Å². The van der Waals surface area contributed by atoms with E-state index >= 15 is 0 Å². The molecule has 0 spiro atoms. The number of ether oxygens (including phenoxy) is 2. The first-order valence-corrected chi connectivity index (χ1v) is 5.40. The first kappa shape index (κ1) is 15.7. The lowest BCUT2D eigenvalue weighted by Crippen LogP contribution is -2.44. The SMILES string of the molecule is COC(=O)CC(O)C(C)NC(=O)OC(C)(C)C. The van der Waals surface area contributed by atoms with Crippen LogP contribution in [0.1, 0.15) is 34.1 Å². The molecule has 6 heteroatoms. The van der Waals surface area contributed by atoms with Crippen LogP contribution in [0.15, 0.2) is 0 Å². The summed E-state index contributed by atoms with van der Waals surface area (Å²) in [6, 6.07) is -0.594. The topological polar surface area (TPSA) is 84.9 Å². The van der Waals surface area contributed by atoms with Gasteiger partial charge in [0, 0.05) is 0 Å². The number of alkyl carbamates (subject to hydrolysis) is 1. The summed E-state index contributed by atoms with van der Waals surface area (Å²) in [6.45, 7) is 6.80. The number of esters is 1. The third-order valence-electron chi connectivity index (χ3n) is 1.93. The van der Waals surface area contributed by atoms with E-state index in [4.69, 9.17) is 4.74 Å². The van der Waals surface area contributed by atoms with Crippen molar-refractivity contribution in [2.75, 3.05) is 7.11 Å². The highest BCUT2D eigenvalue weighted by atomic mass is 16.6. The minimum atomic E-state index is -1.00. The Morgan fingerprint density at radius 2 is 1.88 bits per heavy atom. The number of amides is 1. The van der Waals surface area contributed by atoms with Crippen LogP contribution in [0.4, 0.5) is 4.79 Å². The summed E-state index contributed by atoms with van der Waals surface area (Å²) < 4.78 is 9.43. The zero-order valence-corrected chi connectivity index (χ0v) is 10.9. The normalized spacial score (nSPS) is 14.7. The molecule has 0 aromatic heterocycles. The number of nitrogens with one attached hydrogen (secondary N) is 1. The van der Waals surface area contributed by atoms with E-state index in [1.807, 2.05) is 0 Å². The van der Waals surface area contributed by atoms with Gasteiger partial charge in [0.1, 0.15) is 5.60 Å². The number of carbonyl (C=O) groups excluding carboxylic acids is 2. The molecule has 2 atom stereocenters. The van der Waals surface area contributed by atoms with Crippen LogP contribution in [0.5, 0.6) is 0 Å². The van der Waals surface area contributed by atoms with Gasteiger partial charge in [0.15, 0.2) is 0 Å². The van der Waals surface area contributed by atoms with Crippen LogP contribution in [-0.4, -0.2) is 42.0 Å². The quantitative estimate of drug-likeness (QED) is 0.718. The number of hydrogen-bond acceptors (Lipinski definition) is 5. The Bertz CT molecular complexity index is 272. The molecule has 0 aromatic carbocycles. The zero-order chi connectivity index (χ0) is 13.6. The molecule has 6 nitrogen and oxygen atoms in total. The van der Waals surface area contributed by atoms with Crippen molar-refractivity contribution in [3.63, 3.8) is 0 Å². The van der Waals surface area contributed by atoms with Crippen LogP contribution in [0.3, 0.4) is 0 Å². The predicted octanol–water partition coefficient (Wildman–Crippen LogP) is 0.824. The van der Waals surface area contributed by atoms with E-state index in [1.165, 1.54) is 7.11 Å². The molecule has 100 valence electrons. The van der Waals surface area contributed by atoms with Crippen LogP contribution >= 0.6 is 0 Å². The average molecular weight is 247 g/mol. The van der Waals surface area contributed by atoms with Crippen LogP contribution in [0.2, 0.25) is 0 Å². The molecular weight excluding hydrogens is 226 g/mol. The Morgan fingerprint density at radius 3 is 2.29 bits per heavy atom. The van der Waals surface area contributed by atoms with Crippen LogP contribution < -0.4 is 5.32 Å². The van der Waals surface area contributed by atoms with Gasteiger partial charge in [-0.2, -0.15) is 0 Å². The summed E-state index contributed by atoms with van der Waals surface area (Å²) in [5, 5.41) is 12.0. The highest BCUT2D eigenvalue weighted by molar-refractivity contribution is 5.70. The van der Waals surface area contributed by atoms with Crippen LogP contribution in [0.25, 0.3) is 0 Å². The lowest BCUT2D eigenvalue weighted by Gasteiger charge is -2.23. The fourth-order valence-corrected chi connectivity index (χ4v) is 1.02. The molecule has 17 heavy (non-hydrogen) atoms. The molecule has 1 amide bonds. The predicted molar refractivity (Wildman–Crippen MR) is 61.5 cm³/mol. The van der Waals surface area contributed by atoms with Gasteiger partial charge in [-0.1, -0.05) is 0 Å². The summed E-state index contributed by atoms with van der Waals surface area (Å²) in [5.41, 5.74) is -0.600. The van der Waals surface area contributed by atoms with Crippen molar-refractivity contribution in [3.05, 3.63) is 0 Å². The van der Waals surface area contributed by atoms with Gasteiger partial charge in [0.2, 0.25) is 0 Å². The van der Waals surface area contributed by atoms with E-state index in [1.54, 1.807) is 27.7 Å². The molecule has 2 N–H and O–H groups in total. The van der Waals surface area contributed by atoms with Gasteiger partial charge in [-0.25, -0.2) is 4.79 Å². The largest absolute Gasteiger partial charge is 0.469 e. The van der Waals surface area contributed by atoms with Crippen molar-refractivity contribution < 1.29 is 24.2 Å². The van der Waals surface area contributed by atoms with Gasteiger partial charge < -0.3 is 19.9 Å². The van der Waals surface area contributed by atoms with Crippen LogP contribution in [-0.2, 0) is 14.3 Å². The van der Waals surface area contributed by atoms with Crippen molar-refractivity contribution in [1.29, 1.82) is 0 Å².